The van der Waals surface area contributed by atoms with Crippen LogP contribution < -0.4 is 5.32 Å². The molecule has 0 aliphatic rings. The predicted molar refractivity (Wildman–Crippen MR) is 152 cm³/mol. The summed E-state index contributed by atoms with van der Waals surface area (Å²) in [5.74, 6) is -0.290. The third-order valence-electron chi connectivity index (χ3n) is 5.82. The van der Waals surface area contributed by atoms with Gasteiger partial charge in [-0.25, -0.2) is 0 Å². The molecule has 0 spiro atoms. The molecule has 4 aromatic rings. The Kier molecular flexibility index (Phi) is 9.70. The summed E-state index contributed by atoms with van der Waals surface area (Å²) in [6.45, 7) is 1.12. The van der Waals surface area contributed by atoms with Crippen molar-refractivity contribution in [1.29, 1.82) is 0 Å². The van der Waals surface area contributed by atoms with Gasteiger partial charge in [-0.15, -0.1) is 12.4 Å². The minimum absolute atomic E-state index is 0. The van der Waals surface area contributed by atoms with Crippen LogP contribution >= 0.6 is 39.9 Å². The van der Waals surface area contributed by atoms with Crippen molar-refractivity contribution in [2.45, 2.75) is 6.18 Å². The molecule has 4 nitrogen and oxygen atoms in total. The first-order chi connectivity index (χ1) is 17.6. The normalized spacial score (nSPS) is 11.4. The van der Waals surface area contributed by atoms with Crippen LogP contribution in [-0.4, -0.2) is 42.6 Å². The molecule has 4 rings (SSSR count). The summed E-state index contributed by atoms with van der Waals surface area (Å²) in [7, 11) is 3.81. The Morgan fingerprint density at radius 3 is 2.29 bits per heavy atom. The van der Waals surface area contributed by atoms with Crippen LogP contribution in [0.1, 0.15) is 15.9 Å². The second kappa shape index (κ2) is 12.4. The Morgan fingerprint density at radius 1 is 0.974 bits per heavy atom. The van der Waals surface area contributed by atoms with Gasteiger partial charge in [0, 0.05) is 33.7 Å². The Morgan fingerprint density at radius 2 is 1.63 bits per heavy atom. The van der Waals surface area contributed by atoms with E-state index >= 15 is 0 Å². The smallest absolute Gasteiger partial charge is 0.351 e. The molecule has 10 heteroatoms. The van der Waals surface area contributed by atoms with E-state index in [2.05, 4.69) is 21.2 Å². The zero-order valence-corrected chi connectivity index (χ0v) is 23.7. The van der Waals surface area contributed by atoms with Gasteiger partial charge in [0.15, 0.2) is 0 Å². The minimum Gasteiger partial charge on any atom is -0.351 e. The number of nitrogens with zero attached hydrogens (tertiary/aromatic N) is 2. The molecule has 0 saturated carbocycles. The van der Waals surface area contributed by atoms with Gasteiger partial charge in [0.1, 0.15) is 0 Å². The molecule has 0 unspecified atom stereocenters. The molecular weight excluding hydrogens is 602 g/mol. The van der Waals surface area contributed by atoms with E-state index in [0.29, 0.717) is 40.6 Å². The minimum atomic E-state index is -4.58. The maximum atomic E-state index is 14.1. The molecule has 0 bridgehead atoms. The number of para-hydroxylation sites is 1. The third kappa shape index (κ3) is 6.61. The average Bonchev–Trinajstić information content (AvgIpc) is 3.28. The number of hydrogen-bond acceptors (Lipinski definition) is 2. The van der Waals surface area contributed by atoms with Crippen LogP contribution in [0.15, 0.2) is 83.3 Å². The van der Waals surface area contributed by atoms with Gasteiger partial charge in [-0.2, -0.15) is 13.2 Å². The van der Waals surface area contributed by atoms with Crippen molar-refractivity contribution in [2.24, 2.45) is 0 Å². The largest absolute Gasteiger partial charge is 0.418 e. The van der Waals surface area contributed by atoms with E-state index in [1.807, 2.05) is 43.3 Å². The van der Waals surface area contributed by atoms with E-state index in [9.17, 15) is 18.0 Å². The van der Waals surface area contributed by atoms with Crippen LogP contribution in [0.3, 0.4) is 0 Å². The van der Waals surface area contributed by atoms with Gasteiger partial charge in [-0.3, -0.25) is 4.79 Å². The fourth-order valence-electron chi connectivity index (χ4n) is 4.02. The highest BCUT2D eigenvalue weighted by atomic mass is 79.9. The van der Waals surface area contributed by atoms with Crippen molar-refractivity contribution in [3.8, 4) is 28.2 Å². The van der Waals surface area contributed by atoms with Crippen LogP contribution in [0, 0.1) is 0 Å². The summed E-state index contributed by atoms with van der Waals surface area (Å²) in [6.07, 6.45) is -4.58. The van der Waals surface area contributed by atoms with Gasteiger partial charge in [0.2, 0.25) is 0 Å². The lowest BCUT2D eigenvalue weighted by atomic mass is 10.1. The summed E-state index contributed by atoms with van der Waals surface area (Å²) in [4.78, 5) is 14.7. The molecule has 0 saturated heterocycles. The molecule has 0 atom stereocenters. The highest BCUT2D eigenvalue weighted by molar-refractivity contribution is 9.10. The maximum absolute atomic E-state index is 14.1. The molecular formula is C28H25BrCl2F3N3O. The molecule has 0 radical (unpaired) electrons. The zero-order valence-electron chi connectivity index (χ0n) is 20.5. The molecule has 1 N–H and O–H groups in total. The van der Waals surface area contributed by atoms with Crippen LogP contribution in [0.4, 0.5) is 13.2 Å². The Bertz CT molecular complexity index is 1420. The summed E-state index contributed by atoms with van der Waals surface area (Å²) in [5, 5.41) is 3.17. The van der Waals surface area contributed by atoms with Crippen molar-refractivity contribution in [3.05, 3.63) is 99.5 Å². The van der Waals surface area contributed by atoms with Gasteiger partial charge < -0.3 is 14.8 Å². The van der Waals surface area contributed by atoms with Crippen LogP contribution in [0.2, 0.25) is 5.02 Å². The van der Waals surface area contributed by atoms with Gasteiger partial charge in [0.05, 0.1) is 22.6 Å². The predicted octanol–water partition coefficient (Wildman–Crippen LogP) is 7.96. The first kappa shape index (κ1) is 29.8. The topological polar surface area (TPSA) is 37.3 Å². The van der Waals surface area contributed by atoms with Crippen molar-refractivity contribution >= 4 is 45.8 Å². The van der Waals surface area contributed by atoms with E-state index in [1.165, 1.54) is 12.1 Å². The number of amides is 1. The van der Waals surface area contributed by atoms with E-state index in [0.717, 1.165) is 16.1 Å². The Hall–Kier alpha value is -2.78. The highest BCUT2D eigenvalue weighted by Gasteiger charge is 2.34. The van der Waals surface area contributed by atoms with Crippen molar-refractivity contribution in [2.75, 3.05) is 27.2 Å². The van der Waals surface area contributed by atoms with E-state index in [1.54, 1.807) is 41.0 Å². The second-order valence-electron chi connectivity index (χ2n) is 8.71. The first-order valence-electron chi connectivity index (χ1n) is 11.4. The number of likely N-dealkylation sites (N-methyl/N-ethyl adjacent to an activating group) is 1. The molecule has 1 amide bonds. The average molecular weight is 627 g/mol. The summed E-state index contributed by atoms with van der Waals surface area (Å²) >= 11 is 9.97. The lowest BCUT2D eigenvalue weighted by Crippen LogP contribution is -2.31. The number of nitrogens with one attached hydrogen (secondary N) is 1. The molecule has 0 aliphatic carbocycles. The fraction of sp³-hybridized carbons (Fsp3) is 0.179. The first-order valence-corrected chi connectivity index (χ1v) is 12.6. The number of alkyl halides is 3. The lowest BCUT2D eigenvalue weighted by Gasteiger charge is -2.20. The quantitative estimate of drug-likeness (QED) is 0.226. The van der Waals surface area contributed by atoms with E-state index in [4.69, 9.17) is 11.6 Å². The van der Waals surface area contributed by atoms with Gasteiger partial charge in [0.25, 0.3) is 5.91 Å². The number of rotatable bonds is 7. The number of carbonyl (C=O) groups excluding carboxylic acids is 1. The standard InChI is InChI=1S/C28H24BrClF3N3O.ClH/c1-35(2)16-15-34-27(37)19-9-12-23(30)21(17-19)25-14-13-24(18-7-10-20(29)11-8-18)36(25)26-6-4-3-5-22(26)28(31,32)33;/h3-14,17H,15-16H2,1-2H3,(H,34,37);1H. The molecule has 0 fully saturated rings. The molecule has 38 heavy (non-hydrogen) atoms. The highest BCUT2D eigenvalue weighted by Crippen LogP contribution is 2.41. The number of benzene rings is 3. The Balaban J connectivity index is 0.00000400. The van der Waals surface area contributed by atoms with Crippen LogP contribution in [0.5, 0.6) is 0 Å². The Labute approximate surface area is 239 Å². The third-order valence-corrected chi connectivity index (χ3v) is 6.68. The maximum Gasteiger partial charge on any atom is 0.418 e. The molecule has 200 valence electrons. The van der Waals surface area contributed by atoms with Crippen molar-refractivity contribution in [1.82, 2.24) is 14.8 Å². The van der Waals surface area contributed by atoms with E-state index in [-0.39, 0.29) is 24.0 Å². The molecule has 0 aliphatic heterocycles. The summed E-state index contributed by atoms with van der Waals surface area (Å²) < 4.78 is 44.6. The summed E-state index contributed by atoms with van der Waals surface area (Å²) in [5.41, 5.74) is 1.70. The second-order valence-corrected chi connectivity index (χ2v) is 10.0. The molecule has 1 aromatic heterocycles. The lowest BCUT2D eigenvalue weighted by molar-refractivity contribution is -0.137. The van der Waals surface area contributed by atoms with E-state index < -0.39 is 11.7 Å². The van der Waals surface area contributed by atoms with Crippen molar-refractivity contribution < 1.29 is 18.0 Å². The zero-order chi connectivity index (χ0) is 26.7. The fourth-order valence-corrected chi connectivity index (χ4v) is 4.50. The molecule has 1 heterocycles. The van der Waals surface area contributed by atoms with Gasteiger partial charge in [-0.1, -0.05) is 51.8 Å². The van der Waals surface area contributed by atoms with Crippen LogP contribution in [-0.2, 0) is 6.18 Å². The number of aromatic nitrogens is 1. The monoisotopic (exact) mass is 625 g/mol. The summed E-state index contributed by atoms with van der Waals surface area (Å²) in [6, 6.07) is 21.0. The SMILES string of the molecule is CN(C)CCNC(=O)c1ccc(Cl)c(-c2ccc(-c3ccc(Br)cc3)n2-c2ccccc2C(F)(F)F)c1.Cl. The molecule has 3 aromatic carbocycles. The number of carbonyl (C=O) groups is 1. The number of halogens is 6. The van der Waals surface area contributed by atoms with Crippen LogP contribution in [0.25, 0.3) is 28.2 Å². The van der Waals surface area contributed by atoms with Crippen molar-refractivity contribution in [3.63, 3.8) is 0 Å². The number of hydrogen-bond donors (Lipinski definition) is 1. The van der Waals surface area contributed by atoms with Gasteiger partial charge in [-0.05, 0) is 74.3 Å². The van der Waals surface area contributed by atoms with Gasteiger partial charge >= 0.3 is 6.18 Å².